The van der Waals surface area contributed by atoms with Crippen LogP contribution in [0.2, 0.25) is 5.02 Å². The summed E-state index contributed by atoms with van der Waals surface area (Å²) in [6.45, 7) is 3.60. The van der Waals surface area contributed by atoms with E-state index in [1.165, 1.54) is 16.0 Å². The second-order valence-corrected chi connectivity index (χ2v) is 7.44. The zero-order valence-electron chi connectivity index (χ0n) is 14.5. The maximum absolute atomic E-state index is 13.0. The molecule has 5 nitrogen and oxygen atoms in total. The maximum Gasteiger partial charge on any atom is 0.326 e. The molecule has 0 bridgehead atoms. The third-order valence-electron chi connectivity index (χ3n) is 5.25. The average molecular weight is 370 g/mol. The van der Waals surface area contributed by atoms with E-state index in [0.29, 0.717) is 11.7 Å². The smallest absolute Gasteiger partial charge is 0.319 e. The Balaban J connectivity index is 1.52. The number of carbonyl (C=O) groups excluding carboxylic acids is 2. The lowest BCUT2D eigenvalue weighted by molar-refractivity contribution is -0.132. The Hall–Kier alpha value is -2.37. The molecule has 0 saturated carbocycles. The number of fused-ring (bicyclic) bond motifs is 1. The number of benzene rings is 2. The molecule has 4 rings (SSSR count). The second kappa shape index (κ2) is 6.41. The van der Waals surface area contributed by atoms with Gasteiger partial charge in [0, 0.05) is 18.1 Å². The molecule has 1 saturated heterocycles. The Labute approximate surface area is 157 Å². The van der Waals surface area contributed by atoms with Crippen LogP contribution in [-0.2, 0) is 23.3 Å². The monoisotopic (exact) mass is 369 g/mol. The summed E-state index contributed by atoms with van der Waals surface area (Å²) in [5, 5.41) is 3.44. The summed E-state index contributed by atoms with van der Waals surface area (Å²) in [5.41, 5.74) is 2.26. The highest BCUT2D eigenvalue weighted by atomic mass is 35.5. The van der Waals surface area contributed by atoms with Gasteiger partial charge in [0.25, 0.3) is 5.91 Å². The Bertz CT molecular complexity index is 868. The summed E-state index contributed by atoms with van der Waals surface area (Å²) >= 11 is 5.94. The highest BCUT2D eigenvalue weighted by molar-refractivity contribution is 6.30. The van der Waals surface area contributed by atoms with Crippen molar-refractivity contribution in [3.8, 4) is 0 Å². The number of imide groups is 1. The van der Waals surface area contributed by atoms with Crippen LogP contribution in [0.3, 0.4) is 0 Å². The fraction of sp³-hybridized carbons (Fsp3) is 0.300. The van der Waals surface area contributed by atoms with E-state index in [9.17, 15) is 9.59 Å². The van der Waals surface area contributed by atoms with Crippen LogP contribution in [0.1, 0.15) is 23.6 Å². The summed E-state index contributed by atoms with van der Waals surface area (Å²) in [5.74, 6) is -0.233. The van der Waals surface area contributed by atoms with E-state index in [4.69, 9.17) is 11.6 Å². The van der Waals surface area contributed by atoms with Gasteiger partial charge in [-0.05, 0) is 42.2 Å². The van der Waals surface area contributed by atoms with Gasteiger partial charge in [0.05, 0.1) is 6.67 Å². The average Bonchev–Trinajstić information content (AvgIpc) is 2.86. The molecular weight excluding hydrogens is 350 g/mol. The van der Waals surface area contributed by atoms with Crippen molar-refractivity contribution in [1.29, 1.82) is 0 Å². The van der Waals surface area contributed by atoms with Crippen LogP contribution in [-0.4, -0.2) is 35.0 Å². The molecule has 3 amide bonds. The first kappa shape index (κ1) is 17.1. The minimum absolute atomic E-state index is 0.233. The summed E-state index contributed by atoms with van der Waals surface area (Å²) in [7, 11) is 0. The Morgan fingerprint density at radius 2 is 1.77 bits per heavy atom. The first-order chi connectivity index (χ1) is 12.5. The molecule has 6 heteroatoms. The van der Waals surface area contributed by atoms with Gasteiger partial charge in [-0.15, -0.1) is 0 Å². The van der Waals surface area contributed by atoms with Gasteiger partial charge in [-0.2, -0.15) is 0 Å². The molecular formula is C20H20ClN3O2. The zero-order chi connectivity index (χ0) is 18.3. The van der Waals surface area contributed by atoms with Crippen molar-refractivity contribution < 1.29 is 9.59 Å². The molecule has 2 heterocycles. The van der Waals surface area contributed by atoms with Crippen LogP contribution in [0.15, 0.2) is 48.5 Å². The molecule has 1 fully saturated rings. The minimum atomic E-state index is -1.06. The number of halogens is 1. The van der Waals surface area contributed by atoms with Crippen LogP contribution in [0.5, 0.6) is 0 Å². The molecule has 0 aliphatic carbocycles. The van der Waals surface area contributed by atoms with Gasteiger partial charge in [-0.1, -0.05) is 48.0 Å². The fourth-order valence-electron chi connectivity index (χ4n) is 3.68. The number of hydrogen-bond donors (Lipinski definition) is 1. The fourth-order valence-corrected chi connectivity index (χ4v) is 3.81. The van der Waals surface area contributed by atoms with Crippen molar-refractivity contribution >= 4 is 23.5 Å². The van der Waals surface area contributed by atoms with E-state index < -0.39 is 5.54 Å². The quantitative estimate of drug-likeness (QED) is 0.846. The SMILES string of the molecule is CC1(c2ccc(Cl)cc2)NC(=O)N(CN2CCc3ccccc3C2)C1=O. The number of nitrogens with zero attached hydrogens (tertiary/aromatic N) is 2. The van der Waals surface area contributed by atoms with Crippen molar-refractivity contribution in [1.82, 2.24) is 15.1 Å². The predicted octanol–water partition coefficient (Wildman–Crippen LogP) is 3.12. The number of nitrogens with one attached hydrogen (secondary N) is 1. The van der Waals surface area contributed by atoms with Gasteiger partial charge in [0.1, 0.15) is 5.54 Å². The van der Waals surface area contributed by atoms with Crippen LogP contribution < -0.4 is 5.32 Å². The van der Waals surface area contributed by atoms with E-state index in [0.717, 1.165) is 25.1 Å². The van der Waals surface area contributed by atoms with Crippen molar-refractivity contribution in [3.05, 3.63) is 70.2 Å². The van der Waals surface area contributed by atoms with E-state index in [2.05, 4.69) is 22.3 Å². The van der Waals surface area contributed by atoms with Gasteiger partial charge < -0.3 is 5.32 Å². The van der Waals surface area contributed by atoms with Gasteiger partial charge in [-0.25, -0.2) is 9.69 Å². The topological polar surface area (TPSA) is 52.7 Å². The molecule has 0 radical (unpaired) electrons. The molecule has 26 heavy (non-hydrogen) atoms. The molecule has 2 aromatic rings. The number of rotatable bonds is 3. The van der Waals surface area contributed by atoms with Gasteiger partial charge in [-0.3, -0.25) is 9.69 Å². The lowest BCUT2D eigenvalue weighted by Gasteiger charge is -2.31. The van der Waals surface area contributed by atoms with Crippen LogP contribution >= 0.6 is 11.6 Å². The largest absolute Gasteiger partial charge is 0.326 e. The number of amides is 3. The summed E-state index contributed by atoms with van der Waals surface area (Å²) in [6, 6.07) is 15.0. The molecule has 2 aromatic carbocycles. The standard InChI is InChI=1S/C20H20ClN3O2/c1-20(16-6-8-17(21)9-7-16)18(25)24(19(26)22-20)13-23-11-10-14-4-2-3-5-15(14)12-23/h2-9H,10-13H2,1H3,(H,22,26). The van der Waals surface area contributed by atoms with Gasteiger partial charge in [0.15, 0.2) is 0 Å². The van der Waals surface area contributed by atoms with Crippen LogP contribution in [0.25, 0.3) is 0 Å². The van der Waals surface area contributed by atoms with Crippen molar-refractivity contribution in [3.63, 3.8) is 0 Å². The Kier molecular flexibility index (Phi) is 4.21. The third-order valence-corrected chi connectivity index (χ3v) is 5.50. The number of hydrogen-bond acceptors (Lipinski definition) is 3. The molecule has 0 spiro atoms. The Morgan fingerprint density at radius 3 is 2.50 bits per heavy atom. The third kappa shape index (κ3) is 2.87. The van der Waals surface area contributed by atoms with Gasteiger partial charge in [0.2, 0.25) is 0 Å². The van der Waals surface area contributed by atoms with Crippen molar-refractivity contribution in [2.24, 2.45) is 0 Å². The minimum Gasteiger partial charge on any atom is -0.319 e. The number of urea groups is 1. The predicted molar refractivity (Wildman–Crippen MR) is 99.6 cm³/mol. The van der Waals surface area contributed by atoms with Crippen molar-refractivity contribution in [2.75, 3.05) is 13.2 Å². The zero-order valence-corrected chi connectivity index (χ0v) is 15.3. The highest BCUT2D eigenvalue weighted by Gasteiger charge is 2.49. The molecule has 1 N–H and O–H groups in total. The lowest BCUT2D eigenvalue weighted by atomic mass is 9.92. The van der Waals surface area contributed by atoms with E-state index >= 15 is 0 Å². The molecule has 2 aliphatic heterocycles. The first-order valence-corrected chi connectivity index (χ1v) is 9.04. The van der Waals surface area contributed by atoms with Crippen LogP contribution in [0.4, 0.5) is 4.79 Å². The van der Waals surface area contributed by atoms with E-state index in [1.54, 1.807) is 31.2 Å². The summed E-state index contributed by atoms with van der Waals surface area (Å²) < 4.78 is 0. The maximum atomic E-state index is 13.0. The first-order valence-electron chi connectivity index (χ1n) is 8.67. The lowest BCUT2D eigenvalue weighted by Crippen LogP contribution is -2.45. The Morgan fingerprint density at radius 1 is 1.08 bits per heavy atom. The second-order valence-electron chi connectivity index (χ2n) is 7.01. The molecule has 1 unspecified atom stereocenters. The van der Waals surface area contributed by atoms with E-state index in [-0.39, 0.29) is 11.9 Å². The molecule has 2 aliphatic rings. The van der Waals surface area contributed by atoms with E-state index in [1.807, 2.05) is 12.1 Å². The van der Waals surface area contributed by atoms with Crippen LogP contribution in [0, 0.1) is 0 Å². The van der Waals surface area contributed by atoms with Crippen molar-refractivity contribution in [2.45, 2.75) is 25.4 Å². The van der Waals surface area contributed by atoms with Gasteiger partial charge >= 0.3 is 6.03 Å². The molecule has 0 aromatic heterocycles. The highest BCUT2D eigenvalue weighted by Crippen LogP contribution is 2.30. The summed E-state index contributed by atoms with van der Waals surface area (Å²) in [6.07, 6.45) is 0.925. The molecule has 134 valence electrons. The normalized spacial score (nSPS) is 23.1. The number of carbonyl (C=O) groups is 2. The summed E-state index contributed by atoms with van der Waals surface area (Å²) in [4.78, 5) is 29.0. The molecule has 1 atom stereocenters.